The molecule has 0 atom stereocenters. The van der Waals surface area contributed by atoms with E-state index >= 15 is 0 Å². The molecule has 0 heterocycles. The van der Waals surface area contributed by atoms with Crippen molar-refractivity contribution < 1.29 is 21.6 Å². The lowest BCUT2D eigenvalue weighted by atomic mass is 10.1. The van der Waals surface area contributed by atoms with Crippen LogP contribution >= 0.6 is 34.8 Å². The molecule has 0 aliphatic heterocycles. The van der Waals surface area contributed by atoms with Gasteiger partial charge in [-0.3, -0.25) is 9.52 Å². The van der Waals surface area contributed by atoms with Gasteiger partial charge in [0.2, 0.25) is 0 Å². The Balaban J connectivity index is 2.05. The van der Waals surface area contributed by atoms with Gasteiger partial charge in [0.25, 0.3) is 15.9 Å². The highest BCUT2D eigenvalue weighted by atomic mass is 35.5. The Hall–Kier alpha value is -2.30. The summed E-state index contributed by atoms with van der Waals surface area (Å²) < 4.78 is 52.8. The second-order valence-electron chi connectivity index (χ2n) is 6.75. The number of carbonyl (C=O) groups excluding carboxylic acids is 1. The second kappa shape index (κ2) is 9.90. The van der Waals surface area contributed by atoms with E-state index < -0.39 is 25.8 Å². The number of hydrogen-bond donors (Lipinski definition) is 2. The van der Waals surface area contributed by atoms with E-state index in [1.165, 1.54) is 31.2 Å². The van der Waals surface area contributed by atoms with Gasteiger partial charge in [-0.05, 0) is 60.7 Å². The van der Waals surface area contributed by atoms with Crippen molar-refractivity contribution in [3.8, 4) is 0 Å². The Bertz CT molecular complexity index is 1420. The van der Waals surface area contributed by atoms with E-state index in [4.69, 9.17) is 34.8 Å². The maximum absolute atomic E-state index is 13.0. The Morgan fingerprint density at radius 3 is 2.06 bits per heavy atom. The first-order chi connectivity index (χ1) is 15.4. The van der Waals surface area contributed by atoms with Crippen molar-refractivity contribution in [1.82, 2.24) is 0 Å². The van der Waals surface area contributed by atoms with E-state index in [2.05, 4.69) is 10.0 Å². The summed E-state index contributed by atoms with van der Waals surface area (Å²) in [6.07, 6.45) is 0. The van der Waals surface area contributed by atoms with Crippen LogP contribution in [0.25, 0.3) is 0 Å². The van der Waals surface area contributed by atoms with Crippen LogP contribution in [0, 0.1) is 0 Å². The Labute approximate surface area is 206 Å². The minimum absolute atomic E-state index is 0.0321. The van der Waals surface area contributed by atoms with Crippen molar-refractivity contribution in [2.45, 2.75) is 16.7 Å². The lowest BCUT2D eigenvalue weighted by Gasteiger charge is -2.15. The number of amides is 1. The molecular weight excluding hydrogens is 531 g/mol. The summed E-state index contributed by atoms with van der Waals surface area (Å²) in [6.45, 7) is 1.46. The van der Waals surface area contributed by atoms with Gasteiger partial charge in [0, 0.05) is 10.7 Å². The lowest BCUT2D eigenvalue weighted by Crippen LogP contribution is -2.19. The predicted molar refractivity (Wildman–Crippen MR) is 131 cm³/mol. The largest absolute Gasteiger partial charge is 0.322 e. The maximum atomic E-state index is 13.0. The molecule has 3 aromatic rings. The van der Waals surface area contributed by atoms with Crippen LogP contribution in [0.15, 0.2) is 70.5 Å². The van der Waals surface area contributed by atoms with Crippen molar-refractivity contribution in [1.29, 1.82) is 0 Å². The minimum atomic E-state index is -4.18. The van der Waals surface area contributed by atoms with Crippen LogP contribution in [0.1, 0.15) is 17.3 Å². The molecule has 0 spiro atoms. The van der Waals surface area contributed by atoms with E-state index in [0.717, 1.165) is 12.1 Å². The zero-order chi connectivity index (χ0) is 24.4. The van der Waals surface area contributed by atoms with Gasteiger partial charge in [-0.1, -0.05) is 41.7 Å². The van der Waals surface area contributed by atoms with Gasteiger partial charge in [-0.25, -0.2) is 16.8 Å². The van der Waals surface area contributed by atoms with E-state index in [9.17, 15) is 21.6 Å². The van der Waals surface area contributed by atoms with Crippen LogP contribution < -0.4 is 10.0 Å². The highest BCUT2D eigenvalue weighted by molar-refractivity contribution is 7.92. The summed E-state index contributed by atoms with van der Waals surface area (Å²) in [6, 6.07) is 13.5. The number of anilines is 2. The van der Waals surface area contributed by atoms with Gasteiger partial charge in [0.05, 0.1) is 36.8 Å². The molecule has 174 valence electrons. The number of benzene rings is 3. The standard InChI is InChI=1S/C21H17Cl3N2O5S2/c1-2-32(28,29)15-8-10-20(26-33(30,31)16-7-9-18(23)19(24)12-16)17(11-15)21(27)25-14-5-3-13(22)4-6-14/h3-12,26H,2H2,1H3,(H,25,27). The predicted octanol–water partition coefficient (Wildman–Crippen LogP) is 5.49. The SMILES string of the molecule is CCS(=O)(=O)c1ccc(NS(=O)(=O)c2ccc(Cl)c(Cl)c2)c(C(=O)Nc2ccc(Cl)cc2)c1. The van der Waals surface area contributed by atoms with Crippen molar-refractivity contribution in [2.75, 3.05) is 15.8 Å². The first kappa shape index (κ1) is 25.3. The summed E-state index contributed by atoms with van der Waals surface area (Å²) in [5, 5.41) is 3.26. The molecule has 0 saturated carbocycles. The summed E-state index contributed by atoms with van der Waals surface area (Å²) in [7, 11) is -7.84. The number of sulfonamides is 1. The normalized spacial score (nSPS) is 11.8. The van der Waals surface area contributed by atoms with Crippen LogP contribution in [-0.2, 0) is 19.9 Å². The Kier molecular flexibility index (Phi) is 7.60. The van der Waals surface area contributed by atoms with E-state index in [1.807, 2.05) is 0 Å². The molecule has 33 heavy (non-hydrogen) atoms. The fourth-order valence-electron chi connectivity index (χ4n) is 2.74. The quantitative estimate of drug-likeness (QED) is 0.406. The summed E-state index contributed by atoms with van der Waals surface area (Å²) in [5.41, 5.74) is 0.0668. The molecule has 0 fully saturated rings. The summed E-state index contributed by atoms with van der Waals surface area (Å²) in [5.74, 6) is -0.920. The third kappa shape index (κ3) is 5.99. The number of hydrogen-bond acceptors (Lipinski definition) is 5. The lowest BCUT2D eigenvalue weighted by molar-refractivity contribution is 0.102. The van der Waals surface area contributed by atoms with Crippen LogP contribution in [0.5, 0.6) is 0 Å². The monoisotopic (exact) mass is 546 g/mol. The van der Waals surface area contributed by atoms with Crippen molar-refractivity contribution in [3.63, 3.8) is 0 Å². The average Bonchev–Trinajstić information content (AvgIpc) is 2.77. The Morgan fingerprint density at radius 2 is 1.45 bits per heavy atom. The second-order valence-corrected chi connectivity index (χ2v) is 12.0. The van der Waals surface area contributed by atoms with Gasteiger partial charge >= 0.3 is 0 Å². The first-order valence-corrected chi connectivity index (χ1v) is 13.6. The molecule has 3 rings (SSSR count). The summed E-state index contributed by atoms with van der Waals surface area (Å²) >= 11 is 17.6. The van der Waals surface area contributed by atoms with Crippen molar-refractivity contribution in [3.05, 3.63) is 81.3 Å². The maximum Gasteiger partial charge on any atom is 0.261 e. The molecule has 0 aliphatic rings. The number of halogens is 3. The smallest absolute Gasteiger partial charge is 0.261 e. The molecule has 3 aromatic carbocycles. The summed E-state index contributed by atoms with van der Waals surface area (Å²) in [4.78, 5) is 12.7. The van der Waals surface area contributed by atoms with Crippen molar-refractivity contribution >= 4 is 71.9 Å². The molecule has 2 N–H and O–H groups in total. The molecule has 0 unspecified atom stereocenters. The fraction of sp³-hybridized carbons (Fsp3) is 0.0952. The Morgan fingerprint density at radius 1 is 0.818 bits per heavy atom. The van der Waals surface area contributed by atoms with Crippen molar-refractivity contribution in [2.24, 2.45) is 0 Å². The van der Waals surface area contributed by atoms with E-state index in [0.29, 0.717) is 10.7 Å². The third-order valence-corrected chi connectivity index (χ3v) is 8.61. The zero-order valence-electron chi connectivity index (χ0n) is 17.0. The third-order valence-electron chi connectivity index (χ3n) is 4.52. The minimum Gasteiger partial charge on any atom is -0.322 e. The van der Waals surface area contributed by atoms with Gasteiger partial charge < -0.3 is 5.32 Å². The first-order valence-electron chi connectivity index (χ1n) is 9.34. The van der Waals surface area contributed by atoms with E-state index in [-0.39, 0.29) is 36.8 Å². The zero-order valence-corrected chi connectivity index (χ0v) is 20.9. The van der Waals surface area contributed by atoms with Crippen LogP contribution in [0.3, 0.4) is 0 Å². The molecular formula is C21H17Cl3N2O5S2. The highest BCUT2D eigenvalue weighted by Crippen LogP contribution is 2.28. The molecule has 7 nitrogen and oxygen atoms in total. The number of carbonyl (C=O) groups is 1. The van der Waals surface area contributed by atoms with Gasteiger partial charge in [0.15, 0.2) is 9.84 Å². The average molecular weight is 548 g/mol. The van der Waals surface area contributed by atoms with Gasteiger partial charge in [-0.15, -0.1) is 0 Å². The molecule has 0 bridgehead atoms. The topological polar surface area (TPSA) is 109 Å². The molecule has 0 saturated heterocycles. The molecule has 1 amide bonds. The molecule has 0 aliphatic carbocycles. The number of sulfone groups is 1. The van der Waals surface area contributed by atoms with Gasteiger partial charge in [0.1, 0.15) is 0 Å². The van der Waals surface area contributed by atoms with Crippen LogP contribution in [0.4, 0.5) is 11.4 Å². The highest BCUT2D eigenvalue weighted by Gasteiger charge is 2.23. The number of rotatable bonds is 7. The molecule has 0 aromatic heterocycles. The van der Waals surface area contributed by atoms with Gasteiger partial charge in [-0.2, -0.15) is 0 Å². The molecule has 0 radical (unpaired) electrons. The fourth-order valence-corrected chi connectivity index (χ4v) is 5.24. The molecule has 12 heteroatoms. The van der Waals surface area contributed by atoms with Crippen LogP contribution in [0.2, 0.25) is 15.1 Å². The number of nitrogens with one attached hydrogen (secondary N) is 2. The van der Waals surface area contributed by atoms with Crippen LogP contribution in [-0.4, -0.2) is 28.5 Å². The van der Waals surface area contributed by atoms with E-state index in [1.54, 1.807) is 24.3 Å².